The van der Waals surface area contributed by atoms with Crippen molar-refractivity contribution >= 4 is 0 Å². The number of methoxy groups -OCH3 is 1. The summed E-state index contributed by atoms with van der Waals surface area (Å²) in [7, 11) is 1.65. The predicted molar refractivity (Wildman–Crippen MR) is 88.4 cm³/mol. The maximum atomic E-state index is 10.2. The van der Waals surface area contributed by atoms with Crippen molar-refractivity contribution in [3.8, 4) is 5.88 Å². The van der Waals surface area contributed by atoms with Gasteiger partial charge in [-0.2, -0.15) is 0 Å². The summed E-state index contributed by atoms with van der Waals surface area (Å²) >= 11 is 0. The van der Waals surface area contributed by atoms with Crippen molar-refractivity contribution in [2.45, 2.75) is 63.4 Å². The number of rotatable bonds is 4. The van der Waals surface area contributed by atoms with Crippen molar-refractivity contribution in [2.75, 3.05) is 20.2 Å². The zero-order chi connectivity index (χ0) is 16.3. The number of hydrogen-bond donors (Lipinski definition) is 1. The van der Waals surface area contributed by atoms with E-state index in [1.54, 1.807) is 7.11 Å². The molecule has 0 aromatic carbocycles. The van der Waals surface area contributed by atoms with Crippen LogP contribution in [0.5, 0.6) is 5.88 Å². The maximum absolute atomic E-state index is 10.2. The van der Waals surface area contributed by atoms with Crippen molar-refractivity contribution in [2.24, 2.45) is 0 Å². The Hall–Kier alpha value is -1.17. The number of aliphatic hydroxyl groups excluding tert-OH is 1. The van der Waals surface area contributed by atoms with Crippen molar-refractivity contribution in [3.63, 3.8) is 0 Å². The largest absolute Gasteiger partial charge is 0.481 e. The number of aromatic nitrogens is 1. The van der Waals surface area contributed by atoms with Crippen LogP contribution in [0, 0.1) is 0 Å². The fourth-order valence-electron chi connectivity index (χ4n) is 3.85. The molecular weight excluding hydrogens is 292 g/mol. The molecule has 0 saturated carbocycles. The molecular formula is C18H28N2O3. The minimum absolute atomic E-state index is 0.114. The van der Waals surface area contributed by atoms with Crippen LogP contribution < -0.4 is 4.74 Å². The van der Waals surface area contributed by atoms with Crippen LogP contribution in [-0.2, 0) is 11.3 Å². The van der Waals surface area contributed by atoms with E-state index in [0.29, 0.717) is 5.88 Å². The third-order valence-electron chi connectivity index (χ3n) is 5.16. The molecule has 5 nitrogen and oxygen atoms in total. The smallest absolute Gasteiger partial charge is 0.213 e. The number of likely N-dealkylation sites (tertiary alicyclic amines) is 1. The van der Waals surface area contributed by atoms with Gasteiger partial charge in [-0.05, 0) is 31.7 Å². The number of aliphatic hydroxyl groups is 1. The summed E-state index contributed by atoms with van der Waals surface area (Å²) in [6.45, 7) is 4.96. The van der Waals surface area contributed by atoms with E-state index in [4.69, 9.17) is 9.47 Å². The molecule has 0 bridgehead atoms. The van der Waals surface area contributed by atoms with E-state index in [2.05, 4.69) is 16.8 Å². The van der Waals surface area contributed by atoms with Gasteiger partial charge in [0.05, 0.1) is 30.6 Å². The molecule has 1 N–H and O–H groups in total. The Morgan fingerprint density at radius 3 is 2.87 bits per heavy atom. The summed E-state index contributed by atoms with van der Waals surface area (Å²) in [5.74, 6) is 0.667. The first kappa shape index (κ1) is 16.7. The van der Waals surface area contributed by atoms with E-state index in [0.717, 1.165) is 57.4 Å². The molecule has 0 radical (unpaired) electrons. The van der Waals surface area contributed by atoms with Gasteiger partial charge in [0, 0.05) is 32.1 Å². The number of pyridine rings is 1. The minimum atomic E-state index is -0.208. The summed E-state index contributed by atoms with van der Waals surface area (Å²) in [4.78, 5) is 6.91. The summed E-state index contributed by atoms with van der Waals surface area (Å²) < 4.78 is 11.5. The molecule has 5 heteroatoms. The first-order chi connectivity index (χ1) is 11.1. The van der Waals surface area contributed by atoms with E-state index >= 15 is 0 Å². The van der Waals surface area contributed by atoms with Crippen LogP contribution in [0.15, 0.2) is 18.2 Å². The number of ether oxygens (including phenoxy) is 2. The van der Waals surface area contributed by atoms with Gasteiger partial charge in [-0.1, -0.05) is 13.0 Å². The number of hydrogen-bond acceptors (Lipinski definition) is 5. The zero-order valence-corrected chi connectivity index (χ0v) is 14.2. The van der Waals surface area contributed by atoms with Crippen LogP contribution in [-0.4, -0.2) is 53.0 Å². The second kappa shape index (κ2) is 7.16. The molecule has 3 heterocycles. The van der Waals surface area contributed by atoms with Crippen molar-refractivity contribution in [1.82, 2.24) is 9.88 Å². The van der Waals surface area contributed by atoms with Crippen LogP contribution in [0.25, 0.3) is 0 Å². The topological polar surface area (TPSA) is 54.8 Å². The lowest BCUT2D eigenvalue weighted by molar-refractivity contribution is -0.182. The molecule has 2 aliphatic heterocycles. The van der Waals surface area contributed by atoms with Crippen molar-refractivity contribution in [1.29, 1.82) is 0 Å². The summed E-state index contributed by atoms with van der Waals surface area (Å²) in [5, 5.41) is 10.2. The van der Waals surface area contributed by atoms with Gasteiger partial charge in [-0.15, -0.1) is 0 Å². The Kier molecular flexibility index (Phi) is 5.19. The zero-order valence-electron chi connectivity index (χ0n) is 14.2. The highest BCUT2D eigenvalue weighted by Crippen LogP contribution is 2.38. The van der Waals surface area contributed by atoms with Gasteiger partial charge < -0.3 is 14.6 Å². The predicted octanol–water partition coefficient (Wildman–Crippen LogP) is 2.37. The third-order valence-corrected chi connectivity index (χ3v) is 5.16. The van der Waals surface area contributed by atoms with Gasteiger partial charge in [0.2, 0.25) is 5.88 Å². The first-order valence-electron chi connectivity index (χ1n) is 8.70. The summed E-state index contributed by atoms with van der Waals surface area (Å²) in [6.07, 6.45) is 4.54. The number of piperidine rings is 1. The maximum Gasteiger partial charge on any atom is 0.213 e. The minimum Gasteiger partial charge on any atom is -0.481 e. The van der Waals surface area contributed by atoms with Crippen LogP contribution >= 0.6 is 0 Å². The van der Waals surface area contributed by atoms with Crippen LogP contribution in [0.1, 0.15) is 44.7 Å². The monoisotopic (exact) mass is 320 g/mol. The Balaban J connectivity index is 1.57. The highest BCUT2D eigenvalue weighted by atomic mass is 16.5. The third kappa shape index (κ3) is 4.03. The molecule has 0 aliphatic carbocycles. The lowest BCUT2D eigenvalue weighted by Crippen LogP contribution is -2.52. The van der Waals surface area contributed by atoms with Crippen LogP contribution in [0.4, 0.5) is 0 Å². The lowest BCUT2D eigenvalue weighted by Gasteiger charge is -2.47. The fraction of sp³-hybridized carbons (Fsp3) is 0.722. The molecule has 128 valence electrons. The van der Waals surface area contributed by atoms with Gasteiger partial charge in [0.15, 0.2) is 0 Å². The van der Waals surface area contributed by atoms with E-state index in [9.17, 15) is 5.11 Å². The lowest BCUT2D eigenvalue weighted by atomic mass is 9.81. The Morgan fingerprint density at radius 2 is 2.17 bits per heavy atom. The molecule has 23 heavy (non-hydrogen) atoms. The van der Waals surface area contributed by atoms with Crippen molar-refractivity contribution < 1.29 is 14.6 Å². The fourth-order valence-corrected chi connectivity index (χ4v) is 3.85. The normalized spacial score (nSPS) is 28.0. The molecule has 2 saturated heterocycles. The molecule has 0 unspecified atom stereocenters. The second-order valence-electron chi connectivity index (χ2n) is 6.87. The molecule has 2 fully saturated rings. The highest BCUT2D eigenvalue weighted by Gasteiger charge is 2.42. The van der Waals surface area contributed by atoms with E-state index in [1.165, 1.54) is 0 Å². The number of nitrogens with zero attached hydrogens (tertiary/aromatic N) is 2. The van der Waals surface area contributed by atoms with Crippen LogP contribution in [0.2, 0.25) is 0 Å². The molecule has 2 atom stereocenters. The van der Waals surface area contributed by atoms with E-state index in [1.807, 2.05) is 18.2 Å². The Labute approximate surface area is 138 Å². The molecule has 0 amide bonds. The van der Waals surface area contributed by atoms with Gasteiger partial charge in [-0.25, -0.2) is 4.98 Å². The van der Waals surface area contributed by atoms with Crippen LogP contribution in [0.3, 0.4) is 0 Å². The Morgan fingerprint density at radius 1 is 1.39 bits per heavy atom. The van der Waals surface area contributed by atoms with E-state index in [-0.39, 0.29) is 17.8 Å². The summed E-state index contributed by atoms with van der Waals surface area (Å²) in [5.41, 5.74) is 0.924. The molecule has 1 aromatic rings. The standard InChI is InChI=1S/C18H28N2O3/c1-3-16-11-15(21)12-18(23-16)7-9-20(10-8-18)13-14-5-4-6-17(19-14)22-2/h4-6,15-16,21H,3,7-13H2,1-2H3/t15-,16+/m1/s1. The Bertz CT molecular complexity index is 515. The summed E-state index contributed by atoms with van der Waals surface area (Å²) in [6, 6.07) is 5.90. The van der Waals surface area contributed by atoms with Crippen molar-refractivity contribution in [3.05, 3.63) is 23.9 Å². The van der Waals surface area contributed by atoms with Gasteiger partial charge in [-0.3, -0.25) is 4.90 Å². The van der Waals surface area contributed by atoms with Gasteiger partial charge in [0.1, 0.15) is 0 Å². The average Bonchev–Trinajstić information content (AvgIpc) is 2.57. The average molecular weight is 320 g/mol. The SMILES string of the molecule is CC[C@H]1C[C@@H](O)CC2(CCN(Cc3cccc(OC)n3)CC2)O1. The highest BCUT2D eigenvalue weighted by molar-refractivity contribution is 5.15. The van der Waals surface area contributed by atoms with Gasteiger partial charge >= 0.3 is 0 Å². The first-order valence-corrected chi connectivity index (χ1v) is 8.70. The van der Waals surface area contributed by atoms with E-state index < -0.39 is 0 Å². The van der Waals surface area contributed by atoms with Gasteiger partial charge in [0.25, 0.3) is 0 Å². The molecule has 1 spiro atoms. The second-order valence-corrected chi connectivity index (χ2v) is 6.87. The molecule has 3 rings (SSSR count). The molecule has 2 aliphatic rings. The molecule has 1 aromatic heterocycles. The quantitative estimate of drug-likeness (QED) is 0.923.